The highest BCUT2D eigenvalue weighted by Gasteiger charge is 2.38. The monoisotopic (exact) mass is 283 g/mol. The number of likely N-dealkylation sites (N-methyl/N-ethyl adjacent to an activating group) is 1. The van der Waals surface area contributed by atoms with Crippen molar-refractivity contribution in [1.82, 2.24) is 9.80 Å². The minimum absolute atomic E-state index is 0.0396. The first-order chi connectivity index (χ1) is 9.45. The molecule has 1 aliphatic carbocycles. The molecule has 1 saturated heterocycles. The van der Waals surface area contributed by atoms with E-state index >= 15 is 0 Å². The molecule has 0 amide bonds. The van der Waals surface area contributed by atoms with Gasteiger partial charge in [-0.3, -0.25) is 4.90 Å². The Bertz CT molecular complexity index is 288. The van der Waals surface area contributed by atoms with E-state index in [1.165, 1.54) is 39.0 Å². The SMILES string of the molecule is CN1CCN(CCOC2(CN)CCC(C)(C)CC2)CC1. The summed E-state index contributed by atoms with van der Waals surface area (Å²) in [6.45, 7) is 12.0. The smallest absolute Gasteiger partial charge is 0.0805 e. The molecular weight excluding hydrogens is 250 g/mol. The number of hydrogen-bond donors (Lipinski definition) is 1. The van der Waals surface area contributed by atoms with Gasteiger partial charge in [0.2, 0.25) is 0 Å². The number of rotatable bonds is 5. The molecule has 0 spiro atoms. The van der Waals surface area contributed by atoms with Gasteiger partial charge in [-0.25, -0.2) is 0 Å². The van der Waals surface area contributed by atoms with Crippen molar-refractivity contribution in [1.29, 1.82) is 0 Å². The highest BCUT2D eigenvalue weighted by Crippen LogP contribution is 2.41. The Morgan fingerprint density at radius 3 is 2.15 bits per heavy atom. The topological polar surface area (TPSA) is 41.7 Å². The average Bonchev–Trinajstić information content (AvgIpc) is 2.43. The van der Waals surface area contributed by atoms with E-state index in [0.717, 1.165) is 26.0 Å². The summed E-state index contributed by atoms with van der Waals surface area (Å²) >= 11 is 0. The predicted octanol–water partition coefficient (Wildman–Crippen LogP) is 1.55. The Morgan fingerprint density at radius 1 is 1.00 bits per heavy atom. The molecular formula is C16H33N3O. The van der Waals surface area contributed by atoms with Crippen LogP contribution < -0.4 is 5.73 Å². The molecule has 0 aromatic rings. The Balaban J connectivity index is 1.71. The van der Waals surface area contributed by atoms with Gasteiger partial charge < -0.3 is 15.4 Å². The zero-order valence-corrected chi connectivity index (χ0v) is 13.7. The molecule has 118 valence electrons. The molecule has 2 aliphatic rings. The van der Waals surface area contributed by atoms with E-state index in [2.05, 4.69) is 30.7 Å². The third-order valence-electron chi connectivity index (χ3n) is 5.30. The summed E-state index contributed by atoms with van der Waals surface area (Å²) in [7, 11) is 2.20. The quantitative estimate of drug-likeness (QED) is 0.831. The summed E-state index contributed by atoms with van der Waals surface area (Å²) < 4.78 is 6.26. The van der Waals surface area contributed by atoms with Crippen LogP contribution in [0.15, 0.2) is 0 Å². The van der Waals surface area contributed by atoms with Gasteiger partial charge >= 0.3 is 0 Å². The second kappa shape index (κ2) is 6.73. The molecule has 0 radical (unpaired) electrons. The maximum absolute atomic E-state index is 6.26. The molecule has 2 fully saturated rings. The van der Waals surface area contributed by atoms with Crippen molar-refractivity contribution >= 4 is 0 Å². The van der Waals surface area contributed by atoms with Gasteiger partial charge in [-0.2, -0.15) is 0 Å². The van der Waals surface area contributed by atoms with Crippen LogP contribution in [0.4, 0.5) is 0 Å². The first kappa shape index (κ1) is 16.2. The Kier molecular flexibility index (Phi) is 5.46. The van der Waals surface area contributed by atoms with Gasteiger partial charge in [-0.15, -0.1) is 0 Å². The van der Waals surface area contributed by atoms with Crippen molar-refractivity contribution < 1.29 is 4.74 Å². The molecule has 2 rings (SSSR count). The van der Waals surface area contributed by atoms with Crippen molar-refractivity contribution in [2.45, 2.75) is 45.1 Å². The molecule has 1 aliphatic heterocycles. The summed E-state index contributed by atoms with van der Waals surface area (Å²) in [6.07, 6.45) is 4.72. The van der Waals surface area contributed by atoms with Gasteiger partial charge in [0.15, 0.2) is 0 Å². The van der Waals surface area contributed by atoms with Crippen LogP contribution in [0.25, 0.3) is 0 Å². The molecule has 1 heterocycles. The molecule has 4 heteroatoms. The minimum atomic E-state index is -0.0396. The molecule has 0 bridgehead atoms. The lowest BCUT2D eigenvalue weighted by atomic mass is 9.71. The lowest BCUT2D eigenvalue weighted by Crippen LogP contribution is -2.49. The van der Waals surface area contributed by atoms with E-state index in [4.69, 9.17) is 10.5 Å². The van der Waals surface area contributed by atoms with Crippen LogP contribution in [0.1, 0.15) is 39.5 Å². The predicted molar refractivity (Wildman–Crippen MR) is 83.9 cm³/mol. The van der Waals surface area contributed by atoms with E-state index in [1.807, 2.05) is 0 Å². The fourth-order valence-corrected chi connectivity index (χ4v) is 3.25. The van der Waals surface area contributed by atoms with Gasteiger partial charge in [0.1, 0.15) is 0 Å². The Labute approximate surface area is 124 Å². The second-order valence-electron chi connectivity index (χ2n) is 7.54. The summed E-state index contributed by atoms with van der Waals surface area (Å²) in [5, 5.41) is 0. The maximum atomic E-state index is 6.26. The molecule has 1 saturated carbocycles. The van der Waals surface area contributed by atoms with Crippen LogP contribution in [0, 0.1) is 5.41 Å². The average molecular weight is 283 g/mol. The van der Waals surface area contributed by atoms with Gasteiger partial charge in [0, 0.05) is 39.3 Å². The maximum Gasteiger partial charge on any atom is 0.0805 e. The fraction of sp³-hybridized carbons (Fsp3) is 1.00. The molecule has 0 unspecified atom stereocenters. The van der Waals surface area contributed by atoms with Crippen molar-refractivity contribution in [3.05, 3.63) is 0 Å². The number of ether oxygens (including phenoxy) is 1. The first-order valence-corrected chi connectivity index (χ1v) is 8.20. The summed E-state index contributed by atoms with van der Waals surface area (Å²) in [4.78, 5) is 4.90. The Hall–Kier alpha value is -0.160. The van der Waals surface area contributed by atoms with Crippen molar-refractivity contribution in [2.24, 2.45) is 11.1 Å². The summed E-state index contributed by atoms with van der Waals surface area (Å²) in [6, 6.07) is 0. The number of nitrogens with two attached hydrogens (primary N) is 1. The van der Waals surface area contributed by atoms with E-state index in [0.29, 0.717) is 12.0 Å². The summed E-state index contributed by atoms with van der Waals surface area (Å²) in [5.41, 5.74) is 6.45. The number of hydrogen-bond acceptors (Lipinski definition) is 4. The lowest BCUT2D eigenvalue weighted by Gasteiger charge is -2.43. The molecule has 2 N–H and O–H groups in total. The van der Waals surface area contributed by atoms with Gasteiger partial charge in [-0.1, -0.05) is 13.8 Å². The lowest BCUT2D eigenvalue weighted by molar-refractivity contribution is -0.0870. The standard InChI is InChI=1S/C16H33N3O/c1-15(2)4-6-16(14-17,7-5-15)20-13-12-19-10-8-18(3)9-11-19/h4-14,17H2,1-3H3. The first-order valence-electron chi connectivity index (χ1n) is 8.20. The minimum Gasteiger partial charge on any atom is -0.372 e. The summed E-state index contributed by atoms with van der Waals surface area (Å²) in [5.74, 6) is 0. The molecule has 0 aromatic carbocycles. The van der Waals surface area contributed by atoms with Crippen molar-refractivity contribution in [3.63, 3.8) is 0 Å². The van der Waals surface area contributed by atoms with Crippen LogP contribution in [-0.2, 0) is 4.74 Å². The van der Waals surface area contributed by atoms with Gasteiger partial charge in [0.25, 0.3) is 0 Å². The van der Waals surface area contributed by atoms with Crippen molar-refractivity contribution in [3.8, 4) is 0 Å². The molecule has 0 atom stereocenters. The van der Waals surface area contributed by atoms with Crippen molar-refractivity contribution in [2.75, 3.05) is 52.9 Å². The Morgan fingerprint density at radius 2 is 1.60 bits per heavy atom. The number of piperazine rings is 1. The molecule has 0 aromatic heterocycles. The van der Waals surface area contributed by atoms with Crippen LogP contribution >= 0.6 is 0 Å². The normalized spacial score (nSPS) is 27.6. The molecule has 20 heavy (non-hydrogen) atoms. The largest absolute Gasteiger partial charge is 0.372 e. The van der Waals surface area contributed by atoms with Gasteiger partial charge in [0.05, 0.1) is 12.2 Å². The van der Waals surface area contributed by atoms with Gasteiger partial charge in [-0.05, 0) is 38.1 Å². The van der Waals surface area contributed by atoms with Crippen LogP contribution in [0.2, 0.25) is 0 Å². The van der Waals surface area contributed by atoms with Crippen LogP contribution in [0.5, 0.6) is 0 Å². The highest BCUT2D eigenvalue weighted by atomic mass is 16.5. The second-order valence-corrected chi connectivity index (χ2v) is 7.54. The fourth-order valence-electron chi connectivity index (χ4n) is 3.25. The zero-order chi connectivity index (χ0) is 14.6. The highest BCUT2D eigenvalue weighted by molar-refractivity contribution is 4.91. The zero-order valence-electron chi connectivity index (χ0n) is 13.7. The van der Waals surface area contributed by atoms with E-state index < -0.39 is 0 Å². The van der Waals surface area contributed by atoms with E-state index in [-0.39, 0.29) is 5.60 Å². The number of nitrogens with zero attached hydrogens (tertiary/aromatic N) is 2. The van der Waals surface area contributed by atoms with E-state index in [1.54, 1.807) is 0 Å². The van der Waals surface area contributed by atoms with Crippen LogP contribution in [-0.4, -0.2) is 68.3 Å². The third kappa shape index (κ3) is 4.42. The third-order valence-corrected chi connectivity index (χ3v) is 5.30. The van der Waals surface area contributed by atoms with Crippen LogP contribution in [0.3, 0.4) is 0 Å². The molecule has 4 nitrogen and oxygen atoms in total. The van der Waals surface area contributed by atoms with E-state index in [9.17, 15) is 0 Å².